The van der Waals surface area contributed by atoms with E-state index in [1.165, 1.54) is 29.2 Å². The van der Waals surface area contributed by atoms with E-state index in [-0.39, 0.29) is 11.6 Å². The van der Waals surface area contributed by atoms with Gasteiger partial charge in [-0.2, -0.15) is 0 Å². The largest absolute Gasteiger partial charge is 0.293 e. The van der Waals surface area contributed by atoms with Gasteiger partial charge in [0.2, 0.25) is 0 Å². The van der Waals surface area contributed by atoms with Crippen molar-refractivity contribution in [2.45, 2.75) is 17.7 Å². The van der Waals surface area contributed by atoms with E-state index in [4.69, 9.17) is 0 Å². The Labute approximate surface area is 114 Å². The molecule has 0 atom stereocenters. The molecule has 0 N–H and O–H groups in total. The van der Waals surface area contributed by atoms with Crippen LogP contribution in [-0.4, -0.2) is 11.5 Å². The number of carbonyl (C=O) groups is 1. The summed E-state index contributed by atoms with van der Waals surface area (Å²) in [5, 5.41) is 1.90. The van der Waals surface area contributed by atoms with Gasteiger partial charge < -0.3 is 0 Å². The van der Waals surface area contributed by atoms with Crippen molar-refractivity contribution in [3.05, 3.63) is 52.5 Å². The fourth-order valence-corrected chi connectivity index (χ4v) is 3.12. The number of rotatable bonds is 6. The Morgan fingerprint density at radius 3 is 2.78 bits per heavy atom. The van der Waals surface area contributed by atoms with Gasteiger partial charge in [-0.3, -0.25) is 4.79 Å². The van der Waals surface area contributed by atoms with Crippen LogP contribution in [0.4, 0.5) is 4.39 Å². The minimum Gasteiger partial charge on any atom is -0.293 e. The summed E-state index contributed by atoms with van der Waals surface area (Å²) in [5.41, 5.74) is 0. The summed E-state index contributed by atoms with van der Waals surface area (Å²) in [7, 11) is 0. The van der Waals surface area contributed by atoms with Crippen LogP contribution in [0.15, 0.2) is 46.7 Å². The zero-order valence-electron chi connectivity index (χ0n) is 9.77. The zero-order chi connectivity index (χ0) is 12.8. The van der Waals surface area contributed by atoms with E-state index in [9.17, 15) is 9.18 Å². The number of Topliss-reactive ketones (excluding diaryl/α,β-unsaturated/α-hetero) is 1. The predicted octanol–water partition coefficient (Wildman–Crippen LogP) is 4.64. The number of halogens is 1. The van der Waals surface area contributed by atoms with Gasteiger partial charge in [0.1, 0.15) is 5.82 Å². The van der Waals surface area contributed by atoms with Crippen LogP contribution in [0.1, 0.15) is 22.5 Å². The molecule has 1 aromatic heterocycles. The third-order valence-corrected chi connectivity index (χ3v) is 4.48. The van der Waals surface area contributed by atoms with Crippen molar-refractivity contribution in [2.24, 2.45) is 0 Å². The molecule has 0 saturated carbocycles. The standard InChI is InChI=1S/C14H13FOS2/c15-11-5-1-2-7-13(11)17-9-3-6-12(16)14-8-4-10-18-14/h1-2,4-5,7-8,10H,3,6,9H2. The van der Waals surface area contributed by atoms with E-state index in [2.05, 4.69) is 0 Å². The molecule has 1 nitrogen and oxygen atoms in total. The van der Waals surface area contributed by atoms with Gasteiger partial charge in [-0.25, -0.2) is 4.39 Å². The Balaban J connectivity index is 1.74. The molecule has 0 bridgehead atoms. The quantitative estimate of drug-likeness (QED) is 0.435. The van der Waals surface area contributed by atoms with E-state index >= 15 is 0 Å². The summed E-state index contributed by atoms with van der Waals surface area (Å²) in [6.07, 6.45) is 1.30. The van der Waals surface area contributed by atoms with Gasteiger partial charge >= 0.3 is 0 Å². The fraction of sp³-hybridized carbons (Fsp3) is 0.214. The highest BCUT2D eigenvalue weighted by molar-refractivity contribution is 7.99. The summed E-state index contributed by atoms with van der Waals surface area (Å²) >= 11 is 2.93. The third-order valence-electron chi connectivity index (χ3n) is 2.44. The van der Waals surface area contributed by atoms with Crippen molar-refractivity contribution in [3.63, 3.8) is 0 Å². The van der Waals surface area contributed by atoms with Gasteiger partial charge in [-0.1, -0.05) is 18.2 Å². The second kappa shape index (κ2) is 6.71. The highest BCUT2D eigenvalue weighted by atomic mass is 32.2. The van der Waals surface area contributed by atoms with Crippen LogP contribution in [0.3, 0.4) is 0 Å². The van der Waals surface area contributed by atoms with Crippen LogP contribution in [0.5, 0.6) is 0 Å². The Morgan fingerprint density at radius 1 is 1.22 bits per heavy atom. The van der Waals surface area contributed by atoms with Crippen molar-refractivity contribution in [1.29, 1.82) is 0 Å². The molecule has 0 saturated heterocycles. The molecule has 2 rings (SSSR count). The summed E-state index contributed by atoms with van der Waals surface area (Å²) in [6, 6.07) is 10.4. The number of thioether (sulfide) groups is 1. The van der Waals surface area contributed by atoms with Gasteiger partial charge in [-0.15, -0.1) is 23.1 Å². The minimum absolute atomic E-state index is 0.180. The lowest BCUT2D eigenvalue weighted by molar-refractivity contribution is 0.0986. The number of benzene rings is 1. The lowest BCUT2D eigenvalue weighted by Gasteiger charge is -2.02. The Kier molecular flexibility index (Phi) is 4.96. The monoisotopic (exact) mass is 280 g/mol. The van der Waals surface area contributed by atoms with Gasteiger partial charge in [-0.05, 0) is 35.8 Å². The van der Waals surface area contributed by atoms with Crippen LogP contribution in [0, 0.1) is 5.82 Å². The molecule has 0 spiro atoms. The van der Waals surface area contributed by atoms with Crippen molar-refractivity contribution >= 4 is 28.9 Å². The molecule has 0 unspecified atom stereocenters. The average molecular weight is 280 g/mol. The van der Waals surface area contributed by atoms with Crippen LogP contribution in [0.25, 0.3) is 0 Å². The van der Waals surface area contributed by atoms with E-state index in [1.54, 1.807) is 12.1 Å². The second-order valence-corrected chi connectivity index (χ2v) is 5.87. The molecule has 0 radical (unpaired) electrons. The molecule has 1 heterocycles. The van der Waals surface area contributed by atoms with Crippen molar-refractivity contribution < 1.29 is 9.18 Å². The Hall–Kier alpha value is -1.13. The number of thiophene rings is 1. The highest BCUT2D eigenvalue weighted by Gasteiger charge is 2.07. The number of hydrogen-bond donors (Lipinski definition) is 0. The highest BCUT2D eigenvalue weighted by Crippen LogP contribution is 2.22. The predicted molar refractivity (Wildman–Crippen MR) is 75.0 cm³/mol. The van der Waals surface area contributed by atoms with Crippen LogP contribution in [-0.2, 0) is 0 Å². The fourth-order valence-electron chi connectivity index (χ4n) is 1.54. The minimum atomic E-state index is -0.188. The van der Waals surface area contributed by atoms with Crippen molar-refractivity contribution in [1.82, 2.24) is 0 Å². The van der Waals surface area contributed by atoms with Crippen molar-refractivity contribution in [2.75, 3.05) is 5.75 Å². The molecule has 0 aliphatic rings. The normalized spacial score (nSPS) is 10.5. The van der Waals surface area contributed by atoms with Crippen LogP contribution >= 0.6 is 23.1 Å². The summed E-state index contributed by atoms with van der Waals surface area (Å²) in [5.74, 6) is 0.754. The number of hydrogen-bond acceptors (Lipinski definition) is 3. The molecule has 0 aliphatic carbocycles. The smallest absolute Gasteiger partial charge is 0.172 e. The molecule has 1 aromatic carbocycles. The van der Waals surface area contributed by atoms with E-state index in [0.717, 1.165) is 17.1 Å². The lowest BCUT2D eigenvalue weighted by Crippen LogP contribution is -1.96. The maximum atomic E-state index is 13.3. The first kappa shape index (κ1) is 13.3. The maximum absolute atomic E-state index is 13.3. The first-order chi connectivity index (χ1) is 8.77. The SMILES string of the molecule is O=C(CCCSc1ccccc1F)c1cccs1. The topological polar surface area (TPSA) is 17.1 Å². The molecular formula is C14H13FOS2. The van der Waals surface area contributed by atoms with Crippen LogP contribution < -0.4 is 0 Å². The van der Waals surface area contributed by atoms with Crippen molar-refractivity contribution in [3.8, 4) is 0 Å². The maximum Gasteiger partial charge on any atom is 0.172 e. The lowest BCUT2D eigenvalue weighted by atomic mass is 10.2. The first-order valence-electron chi connectivity index (χ1n) is 5.71. The molecule has 4 heteroatoms. The van der Waals surface area contributed by atoms with E-state index < -0.39 is 0 Å². The summed E-state index contributed by atoms with van der Waals surface area (Å²) < 4.78 is 13.3. The molecular weight excluding hydrogens is 267 g/mol. The first-order valence-corrected chi connectivity index (χ1v) is 7.58. The zero-order valence-corrected chi connectivity index (χ0v) is 11.4. The molecule has 94 valence electrons. The molecule has 2 aromatic rings. The van der Waals surface area contributed by atoms with E-state index in [0.29, 0.717) is 11.3 Å². The molecule has 18 heavy (non-hydrogen) atoms. The Bertz CT molecular complexity index is 508. The second-order valence-electron chi connectivity index (χ2n) is 3.78. The van der Waals surface area contributed by atoms with Crippen LogP contribution in [0.2, 0.25) is 0 Å². The van der Waals surface area contributed by atoms with Gasteiger partial charge in [0, 0.05) is 11.3 Å². The van der Waals surface area contributed by atoms with Gasteiger partial charge in [0.05, 0.1) is 4.88 Å². The van der Waals surface area contributed by atoms with Gasteiger partial charge in [0.15, 0.2) is 5.78 Å². The summed E-state index contributed by atoms with van der Waals surface area (Å²) in [4.78, 5) is 13.2. The summed E-state index contributed by atoms with van der Waals surface area (Å²) in [6.45, 7) is 0. The van der Waals surface area contributed by atoms with E-state index in [1.807, 2.05) is 23.6 Å². The average Bonchev–Trinajstić information content (AvgIpc) is 2.90. The third kappa shape index (κ3) is 3.68. The number of carbonyl (C=O) groups excluding carboxylic acids is 1. The molecule has 0 amide bonds. The molecule has 0 aliphatic heterocycles. The Morgan fingerprint density at radius 2 is 2.06 bits per heavy atom. The number of ketones is 1. The van der Waals surface area contributed by atoms with Gasteiger partial charge in [0.25, 0.3) is 0 Å². The molecule has 0 fully saturated rings.